The molecule has 2 fully saturated rings. The molecule has 0 aromatic rings. The summed E-state index contributed by atoms with van der Waals surface area (Å²) in [5.74, 6) is 0.0633. The molecular weight excluding hydrogens is 259 g/mol. The van der Waals surface area contributed by atoms with Gasteiger partial charge in [-0.3, -0.25) is 9.69 Å². The van der Waals surface area contributed by atoms with E-state index in [0.717, 1.165) is 12.8 Å². The number of nitrogens with zero attached hydrogens (tertiary/aromatic N) is 1. The number of carbonyl (C=O) groups excluding carboxylic acids is 1. The zero-order chi connectivity index (χ0) is 13.9. The van der Waals surface area contributed by atoms with Crippen molar-refractivity contribution in [1.82, 2.24) is 15.5 Å². The molecule has 2 N–H and O–H groups in total. The summed E-state index contributed by atoms with van der Waals surface area (Å²) in [7, 11) is 0. The molecule has 0 bridgehead atoms. The van der Waals surface area contributed by atoms with Crippen molar-refractivity contribution in [2.75, 3.05) is 32.7 Å². The van der Waals surface area contributed by atoms with E-state index in [1.165, 1.54) is 4.90 Å². The molecular formula is C12H20F3N3O. The van der Waals surface area contributed by atoms with Crippen LogP contribution in [0.1, 0.15) is 19.3 Å². The minimum atomic E-state index is -4.13. The summed E-state index contributed by atoms with van der Waals surface area (Å²) in [6.45, 7) is 0.806. The molecule has 1 saturated carbocycles. The predicted molar refractivity (Wildman–Crippen MR) is 64.6 cm³/mol. The number of nitrogens with one attached hydrogen (secondary N) is 2. The molecule has 1 aliphatic heterocycles. The Labute approximate surface area is 110 Å². The summed E-state index contributed by atoms with van der Waals surface area (Å²) < 4.78 is 36.6. The maximum Gasteiger partial charge on any atom is 0.401 e. The largest absolute Gasteiger partial charge is 0.401 e. The van der Waals surface area contributed by atoms with Crippen LogP contribution in [0.5, 0.6) is 0 Å². The van der Waals surface area contributed by atoms with Crippen LogP contribution in [-0.2, 0) is 4.79 Å². The third kappa shape index (κ3) is 5.78. The number of hydrogen-bond donors (Lipinski definition) is 2. The van der Waals surface area contributed by atoms with Gasteiger partial charge in [0.2, 0.25) is 5.91 Å². The second-order valence-electron chi connectivity index (χ2n) is 5.46. The van der Waals surface area contributed by atoms with Crippen molar-refractivity contribution in [3.8, 4) is 0 Å². The van der Waals surface area contributed by atoms with Crippen molar-refractivity contribution in [2.24, 2.45) is 5.92 Å². The first-order valence-corrected chi connectivity index (χ1v) is 6.71. The van der Waals surface area contributed by atoms with E-state index < -0.39 is 12.7 Å². The molecule has 1 atom stereocenters. The standard InChI is InChI=1S/C12H20F3N3O/c13-12(14,15)8-18-4-3-9(7-18)5-17-11(19)6-16-10-1-2-10/h9-10,16H,1-8H2,(H,17,19). The maximum atomic E-state index is 12.2. The SMILES string of the molecule is O=C(CNC1CC1)NCC1CCN(CC(F)(F)F)C1. The highest BCUT2D eigenvalue weighted by Crippen LogP contribution is 2.22. The Bertz CT molecular complexity index is 318. The topological polar surface area (TPSA) is 44.4 Å². The van der Waals surface area contributed by atoms with Crippen molar-refractivity contribution in [1.29, 1.82) is 0 Å². The van der Waals surface area contributed by atoms with Gasteiger partial charge in [-0.25, -0.2) is 0 Å². The first-order valence-electron chi connectivity index (χ1n) is 6.71. The number of amides is 1. The lowest BCUT2D eigenvalue weighted by Crippen LogP contribution is -2.38. The fourth-order valence-electron chi connectivity index (χ4n) is 2.32. The average molecular weight is 279 g/mol. The van der Waals surface area contributed by atoms with Crippen LogP contribution in [0.4, 0.5) is 13.2 Å². The van der Waals surface area contributed by atoms with Gasteiger partial charge in [-0.15, -0.1) is 0 Å². The molecule has 1 heterocycles. The van der Waals surface area contributed by atoms with Gasteiger partial charge in [-0.05, 0) is 31.7 Å². The first kappa shape index (κ1) is 14.6. The molecule has 0 aromatic heterocycles. The van der Waals surface area contributed by atoms with E-state index in [1.807, 2.05) is 0 Å². The molecule has 1 aliphatic carbocycles. The van der Waals surface area contributed by atoms with Crippen molar-refractivity contribution in [3.63, 3.8) is 0 Å². The third-order valence-corrected chi connectivity index (χ3v) is 3.49. The quantitative estimate of drug-likeness (QED) is 0.754. The fourth-order valence-corrected chi connectivity index (χ4v) is 2.32. The second-order valence-corrected chi connectivity index (χ2v) is 5.46. The summed E-state index contributed by atoms with van der Waals surface area (Å²) in [4.78, 5) is 12.9. The molecule has 0 spiro atoms. The van der Waals surface area contributed by atoms with Crippen LogP contribution in [-0.4, -0.2) is 55.7 Å². The Morgan fingerprint density at radius 2 is 2.00 bits per heavy atom. The minimum absolute atomic E-state index is 0.0684. The lowest BCUT2D eigenvalue weighted by atomic mass is 10.1. The Balaban J connectivity index is 1.57. The van der Waals surface area contributed by atoms with Gasteiger partial charge in [0.25, 0.3) is 0 Å². The Morgan fingerprint density at radius 1 is 1.26 bits per heavy atom. The number of carbonyl (C=O) groups is 1. The van der Waals surface area contributed by atoms with Crippen molar-refractivity contribution in [3.05, 3.63) is 0 Å². The van der Waals surface area contributed by atoms with Crippen LogP contribution < -0.4 is 10.6 Å². The summed E-state index contributed by atoms with van der Waals surface area (Å²) >= 11 is 0. The lowest BCUT2D eigenvalue weighted by molar-refractivity contribution is -0.143. The van der Waals surface area contributed by atoms with Crippen molar-refractivity contribution in [2.45, 2.75) is 31.5 Å². The minimum Gasteiger partial charge on any atom is -0.355 e. The van der Waals surface area contributed by atoms with Crippen LogP contribution in [0.15, 0.2) is 0 Å². The Morgan fingerprint density at radius 3 is 2.63 bits per heavy atom. The van der Waals surface area contributed by atoms with Crippen molar-refractivity contribution >= 4 is 5.91 Å². The van der Waals surface area contributed by atoms with Crippen LogP contribution in [0.25, 0.3) is 0 Å². The summed E-state index contributed by atoms with van der Waals surface area (Å²) in [6, 6.07) is 0.486. The molecule has 110 valence electrons. The molecule has 2 rings (SSSR count). The predicted octanol–water partition coefficient (Wildman–Crippen LogP) is 0.739. The monoisotopic (exact) mass is 279 g/mol. The molecule has 1 unspecified atom stereocenters. The molecule has 2 aliphatic rings. The third-order valence-electron chi connectivity index (χ3n) is 3.49. The molecule has 0 aromatic carbocycles. The average Bonchev–Trinajstić information content (AvgIpc) is 3.03. The Kier molecular flexibility index (Phi) is 4.67. The molecule has 1 saturated heterocycles. The van der Waals surface area contributed by atoms with Gasteiger partial charge >= 0.3 is 6.18 Å². The van der Waals surface area contributed by atoms with Gasteiger partial charge in [0, 0.05) is 19.1 Å². The van der Waals surface area contributed by atoms with E-state index in [0.29, 0.717) is 38.6 Å². The highest BCUT2D eigenvalue weighted by Gasteiger charge is 2.34. The molecule has 4 nitrogen and oxygen atoms in total. The molecule has 19 heavy (non-hydrogen) atoms. The zero-order valence-electron chi connectivity index (χ0n) is 10.8. The van der Waals surface area contributed by atoms with E-state index in [-0.39, 0.29) is 11.8 Å². The van der Waals surface area contributed by atoms with Gasteiger partial charge in [0.1, 0.15) is 0 Å². The number of rotatable bonds is 6. The van der Waals surface area contributed by atoms with E-state index >= 15 is 0 Å². The van der Waals surface area contributed by atoms with Crippen LogP contribution in [0, 0.1) is 5.92 Å². The first-order chi connectivity index (χ1) is 8.92. The van der Waals surface area contributed by atoms with Gasteiger partial charge in [0.15, 0.2) is 0 Å². The van der Waals surface area contributed by atoms with Gasteiger partial charge < -0.3 is 10.6 Å². The van der Waals surface area contributed by atoms with Crippen molar-refractivity contribution < 1.29 is 18.0 Å². The molecule has 0 radical (unpaired) electrons. The second kappa shape index (κ2) is 6.09. The van der Waals surface area contributed by atoms with E-state index in [2.05, 4.69) is 10.6 Å². The zero-order valence-corrected chi connectivity index (χ0v) is 10.8. The van der Waals surface area contributed by atoms with Crippen LogP contribution >= 0.6 is 0 Å². The van der Waals surface area contributed by atoms with Crippen LogP contribution in [0.3, 0.4) is 0 Å². The van der Waals surface area contributed by atoms with Gasteiger partial charge in [-0.1, -0.05) is 0 Å². The number of hydrogen-bond acceptors (Lipinski definition) is 3. The van der Waals surface area contributed by atoms with E-state index in [4.69, 9.17) is 0 Å². The van der Waals surface area contributed by atoms with Gasteiger partial charge in [-0.2, -0.15) is 13.2 Å². The molecule has 1 amide bonds. The van der Waals surface area contributed by atoms with E-state index in [9.17, 15) is 18.0 Å². The highest BCUT2D eigenvalue weighted by atomic mass is 19.4. The number of alkyl halides is 3. The maximum absolute atomic E-state index is 12.2. The Hall–Kier alpha value is -0.820. The molecule has 7 heteroatoms. The number of halogens is 3. The number of likely N-dealkylation sites (tertiary alicyclic amines) is 1. The van der Waals surface area contributed by atoms with E-state index in [1.54, 1.807) is 0 Å². The normalized spacial score (nSPS) is 24.7. The lowest BCUT2D eigenvalue weighted by Gasteiger charge is -2.18. The van der Waals surface area contributed by atoms with Crippen LogP contribution in [0.2, 0.25) is 0 Å². The highest BCUT2D eigenvalue weighted by molar-refractivity contribution is 5.78. The summed E-state index contributed by atoms with van der Waals surface area (Å²) in [6.07, 6.45) is -1.16. The summed E-state index contributed by atoms with van der Waals surface area (Å²) in [5.41, 5.74) is 0. The van der Waals surface area contributed by atoms with Gasteiger partial charge in [0.05, 0.1) is 13.1 Å². The fraction of sp³-hybridized carbons (Fsp3) is 0.917. The summed E-state index contributed by atoms with van der Waals surface area (Å²) in [5, 5.41) is 5.88. The smallest absolute Gasteiger partial charge is 0.355 e.